The Kier molecular flexibility index (Phi) is 9.25. The summed E-state index contributed by atoms with van der Waals surface area (Å²) in [6.07, 6.45) is 1.97. The van der Waals surface area contributed by atoms with Crippen LogP contribution in [0.3, 0.4) is 0 Å². The van der Waals surface area contributed by atoms with E-state index in [0.717, 1.165) is 5.56 Å². The van der Waals surface area contributed by atoms with E-state index in [4.69, 9.17) is 4.74 Å². The number of nitrogens with one attached hydrogen (secondary N) is 3. The highest BCUT2D eigenvalue weighted by Gasteiger charge is 2.38. The van der Waals surface area contributed by atoms with Gasteiger partial charge in [-0.1, -0.05) is 31.2 Å². The molecule has 1 fully saturated rings. The van der Waals surface area contributed by atoms with Crippen LogP contribution < -0.4 is 16.2 Å². The fourth-order valence-electron chi connectivity index (χ4n) is 5.04. The summed E-state index contributed by atoms with van der Waals surface area (Å²) in [5.41, 5.74) is 3.01. The van der Waals surface area contributed by atoms with Gasteiger partial charge in [0.05, 0.1) is 34.0 Å². The van der Waals surface area contributed by atoms with Crippen molar-refractivity contribution in [1.82, 2.24) is 14.8 Å². The van der Waals surface area contributed by atoms with Gasteiger partial charge in [-0.25, -0.2) is 23.0 Å². The fraction of sp³-hybridized carbons (Fsp3) is 0.290. The Labute approximate surface area is 261 Å². The molecule has 0 spiro atoms. The molecule has 234 valence electrons. The lowest BCUT2D eigenvalue weighted by Gasteiger charge is -2.18. The first-order chi connectivity index (χ1) is 21.4. The van der Waals surface area contributed by atoms with Crippen LogP contribution in [0, 0.1) is 0 Å². The van der Waals surface area contributed by atoms with Crippen molar-refractivity contribution in [3.8, 4) is 0 Å². The van der Waals surface area contributed by atoms with Gasteiger partial charge in [-0.3, -0.25) is 10.1 Å². The zero-order valence-corrected chi connectivity index (χ0v) is 25.9. The molecule has 2 atom stereocenters. The number of carbonyl (C=O) groups excluding carboxylic acids is 1. The number of hydrogen-bond acceptors (Lipinski definition) is 9. The second kappa shape index (κ2) is 13.1. The molecule has 1 aliphatic carbocycles. The molecule has 1 amide bonds. The number of hydrogen-bond donors (Lipinski definition) is 4. The van der Waals surface area contributed by atoms with E-state index < -0.39 is 27.9 Å². The van der Waals surface area contributed by atoms with Crippen LogP contribution in [0.15, 0.2) is 76.7 Å². The third-order valence-electron chi connectivity index (χ3n) is 7.56. The Bertz CT molecular complexity index is 1890. The summed E-state index contributed by atoms with van der Waals surface area (Å²) in [5.74, 6) is -1.29. The number of aromatic nitrogens is 2. The number of aromatic amines is 1. The van der Waals surface area contributed by atoms with Gasteiger partial charge >= 0.3 is 12.1 Å². The van der Waals surface area contributed by atoms with Crippen molar-refractivity contribution >= 4 is 52.2 Å². The average Bonchev–Trinajstić information content (AvgIpc) is 3.85. The number of nitrogens with zero attached hydrogens (tertiary/aromatic N) is 2. The number of carbonyl (C=O) groups is 2. The molecule has 0 aliphatic heterocycles. The van der Waals surface area contributed by atoms with E-state index in [9.17, 15) is 27.9 Å². The lowest BCUT2D eigenvalue weighted by molar-refractivity contribution is -0.138. The molecule has 1 saturated carbocycles. The second-order valence-electron chi connectivity index (χ2n) is 11.5. The molecule has 0 radical (unpaired) electrons. The third kappa shape index (κ3) is 7.52. The summed E-state index contributed by atoms with van der Waals surface area (Å²) in [6.45, 7) is 2.34. The molecular formula is C31H34BN5O7S. The molecule has 1 unspecified atom stereocenters. The van der Waals surface area contributed by atoms with Crippen LogP contribution in [0.5, 0.6) is 0 Å². The van der Waals surface area contributed by atoms with Crippen LogP contribution in [0.25, 0.3) is 10.9 Å². The van der Waals surface area contributed by atoms with Gasteiger partial charge < -0.3 is 25.0 Å². The first kappa shape index (κ1) is 31.7. The van der Waals surface area contributed by atoms with E-state index in [0.29, 0.717) is 57.7 Å². The molecule has 0 saturated heterocycles. The van der Waals surface area contributed by atoms with Gasteiger partial charge in [0, 0.05) is 23.8 Å². The van der Waals surface area contributed by atoms with E-state index >= 15 is 0 Å². The number of anilines is 2. The summed E-state index contributed by atoms with van der Waals surface area (Å²) < 4.78 is 31.2. The first-order valence-electron chi connectivity index (χ1n) is 14.4. The Morgan fingerprint density at radius 1 is 1.09 bits per heavy atom. The lowest BCUT2D eigenvalue weighted by Crippen LogP contribution is -2.21. The average molecular weight is 632 g/mol. The SMILES string of the molecule is BN(C)Cc1cc(NC(=O)OC[C@H](C)c2ccc(C(Nc3ccc4nc[nH]c(=O)c4c3)C(=O)O)cc2)ccc1S(=O)(=O)C1CC1. The van der Waals surface area contributed by atoms with Crippen LogP contribution in [-0.2, 0) is 25.9 Å². The van der Waals surface area contributed by atoms with E-state index in [2.05, 4.69) is 20.6 Å². The molecular weight excluding hydrogens is 597 g/mol. The maximum Gasteiger partial charge on any atom is 0.411 e. The Hall–Kier alpha value is -4.69. The molecule has 3 aromatic carbocycles. The van der Waals surface area contributed by atoms with E-state index in [1.165, 1.54) is 6.33 Å². The smallest absolute Gasteiger partial charge is 0.411 e. The number of amides is 1. The molecule has 4 N–H and O–H groups in total. The van der Waals surface area contributed by atoms with Gasteiger partial charge in [-0.15, -0.1) is 0 Å². The molecule has 0 bridgehead atoms. The largest absolute Gasteiger partial charge is 0.479 e. The molecule has 1 heterocycles. The van der Waals surface area contributed by atoms with Gasteiger partial charge in [-0.05, 0) is 73.0 Å². The minimum atomic E-state index is -3.40. The van der Waals surface area contributed by atoms with Crippen molar-refractivity contribution in [3.63, 3.8) is 0 Å². The quantitative estimate of drug-likeness (QED) is 0.170. The summed E-state index contributed by atoms with van der Waals surface area (Å²) in [6, 6.07) is 15.5. The fourth-order valence-corrected chi connectivity index (χ4v) is 6.90. The van der Waals surface area contributed by atoms with Crippen molar-refractivity contribution in [1.29, 1.82) is 0 Å². The number of carboxylic acids is 1. The van der Waals surface area contributed by atoms with Gasteiger partial charge in [0.2, 0.25) is 0 Å². The third-order valence-corrected chi connectivity index (χ3v) is 9.93. The van der Waals surface area contributed by atoms with Crippen LogP contribution in [-0.4, -0.2) is 67.3 Å². The molecule has 4 aromatic rings. The van der Waals surface area contributed by atoms with Crippen LogP contribution >= 0.6 is 0 Å². The summed E-state index contributed by atoms with van der Waals surface area (Å²) >= 11 is 0. The maximum atomic E-state index is 12.9. The number of ether oxygens (including phenoxy) is 1. The number of aliphatic carboxylic acids is 1. The number of rotatable bonds is 12. The Morgan fingerprint density at radius 3 is 2.44 bits per heavy atom. The van der Waals surface area contributed by atoms with Crippen molar-refractivity contribution in [2.45, 2.75) is 48.4 Å². The van der Waals surface area contributed by atoms with Crippen molar-refractivity contribution in [2.75, 3.05) is 24.3 Å². The molecule has 1 aliphatic rings. The minimum absolute atomic E-state index is 0.0597. The molecule has 12 nitrogen and oxygen atoms in total. The highest BCUT2D eigenvalue weighted by molar-refractivity contribution is 7.92. The maximum absolute atomic E-state index is 12.9. The zero-order chi connectivity index (χ0) is 32.3. The standard InChI is InChI=1S/C31H34BN5O7S/c1-18(16-44-31(41)36-22-8-12-27(21(13-22)15-37(2)32)45(42,43)24-9-10-24)19-3-5-20(6-4-19)28(30(39)40)35-23-7-11-26-25(14-23)29(38)34-17-33-26/h3-8,11-14,17-18,24,28,35H,9-10,15-16,32H2,1-2H3,(H,36,41)(H,39,40)(H,33,34,38)/t18-,28?/m0/s1. The number of carboxylic acid groups (broad SMARTS) is 1. The van der Waals surface area contributed by atoms with Crippen molar-refractivity contribution in [3.05, 3.63) is 94.0 Å². The van der Waals surface area contributed by atoms with Gasteiger partial charge in [0.25, 0.3) is 5.56 Å². The van der Waals surface area contributed by atoms with Crippen molar-refractivity contribution < 1.29 is 27.9 Å². The first-order valence-corrected chi connectivity index (χ1v) is 16.0. The molecule has 1 aromatic heterocycles. The number of benzene rings is 3. The minimum Gasteiger partial charge on any atom is -0.479 e. The molecule has 45 heavy (non-hydrogen) atoms. The highest BCUT2D eigenvalue weighted by atomic mass is 32.2. The van der Waals surface area contributed by atoms with Crippen LogP contribution in [0.2, 0.25) is 0 Å². The van der Waals surface area contributed by atoms with Crippen LogP contribution in [0.1, 0.15) is 48.4 Å². The topological polar surface area (TPSA) is 171 Å². The Morgan fingerprint density at radius 2 is 1.78 bits per heavy atom. The predicted molar refractivity (Wildman–Crippen MR) is 173 cm³/mol. The van der Waals surface area contributed by atoms with E-state index in [-0.39, 0.29) is 23.3 Å². The van der Waals surface area contributed by atoms with Gasteiger partial charge in [0.1, 0.15) is 0 Å². The van der Waals surface area contributed by atoms with Crippen LogP contribution in [0.4, 0.5) is 16.2 Å². The summed E-state index contributed by atoms with van der Waals surface area (Å²) in [4.78, 5) is 45.6. The summed E-state index contributed by atoms with van der Waals surface area (Å²) in [7, 11) is 0.295. The number of fused-ring (bicyclic) bond motifs is 1. The lowest BCUT2D eigenvalue weighted by atomic mass is 9.98. The molecule has 14 heteroatoms. The van der Waals surface area contributed by atoms with Gasteiger partial charge in [-0.2, -0.15) is 0 Å². The number of sulfone groups is 1. The Balaban J connectivity index is 1.20. The molecule has 5 rings (SSSR count). The number of H-pyrrole nitrogens is 1. The monoisotopic (exact) mass is 631 g/mol. The predicted octanol–water partition coefficient (Wildman–Crippen LogP) is 3.43. The van der Waals surface area contributed by atoms with E-state index in [1.54, 1.807) is 60.7 Å². The highest BCUT2D eigenvalue weighted by Crippen LogP contribution is 2.36. The van der Waals surface area contributed by atoms with Gasteiger partial charge in [0.15, 0.2) is 23.9 Å². The zero-order valence-electron chi connectivity index (χ0n) is 25.1. The second-order valence-corrected chi connectivity index (χ2v) is 13.7. The normalized spacial score (nSPS) is 14.6. The summed E-state index contributed by atoms with van der Waals surface area (Å²) in [5, 5.41) is 15.6. The van der Waals surface area contributed by atoms with Crippen molar-refractivity contribution in [2.24, 2.45) is 0 Å². The van der Waals surface area contributed by atoms with E-state index in [1.807, 2.05) is 26.8 Å².